The zero-order valence-corrected chi connectivity index (χ0v) is 9.48. The van der Waals surface area contributed by atoms with Crippen molar-refractivity contribution >= 4 is 27.5 Å². The van der Waals surface area contributed by atoms with Gasteiger partial charge < -0.3 is 5.73 Å². The van der Waals surface area contributed by atoms with Crippen molar-refractivity contribution in [1.29, 1.82) is 0 Å². The van der Waals surface area contributed by atoms with Gasteiger partial charge in [-0.25, -0.2) is 0 Å². The predicted octanol–water partition coefficient (Wildman–Crippen LogP) is 3.51. The normalized spacial score (nSPS) is 18.7. The van der Waals surface area contributed by atoms with Crippen molar-refractivity contribution in [3.05, 3.63) is 33.3 Å². The summed E-state index contributed by atoms with van der Waals surface area (Å²) >= 11 is 9.53. The van der Waals surface area contributed by atoms with Crippen LogP contribution in [-0.2, 0) is 0 Å². The molecule has 1 aromatic rings. The average Bonchev–Trinajstić information content (AvgIpc) is 2.91. The molecule has 70 valence electrons. The largest absolute Gasteiger partial charge is 0.324 e. The van der Waals surface area contributed by atoms with Crippen LogP contribution in [0.25, 0.3) is 0 Å². The minimum Gasteiger partial charge on any atom is -0.324 e. The molecule has 13 heavy (non-hydrogen) atoms. The number of hydrogen-bond acceptors (Lipinski definition) is 1. The van der Waals surface area contributed by atoms with E-state index in [1.165, 1.54) is 12.8 Å². The quantitative estimate of drug-likeness (QED) is 0.865. The van der Waals surface area contributed by atoms with E-state index in [1.54, 1.807) is 0 Å². The Balaban J connectivity index is 2.32. The highest BCUT2D eigenvalue weighted by Gasteiger charge is 2.30. The third-order valence-corrected chi connectivity index (χ3v) is 3.78. The molecule has 1 aliphatic carbocycles. The zero-order valence-electron chi connectivity index (χ0n) is 7.13. The van der Waals surface area contributed by atoms with Gasteiger partial charge in [0.25, 0.3) is 0 Å². The lowest BCUT2D eigenvalue weighted by Gasteiger charge is -2.13. The molecule has 0 spiro atoms. The Morgan fingerprint density at radius 1 is 1.46 bits per heavy atom. The van der Waals surface area contributed by atoms with E-state index in [0.29, 0.717) is 5.92 Å². The van der Waals surface area contributed by atoms with Crippen molar-refractivity contribution in [1.82, 2.24) is 0 Å². The van der Waals surface area contributed by atoms with Crippen molar-refractivity contribution in [2.24, 2.45) is 11.7 Å². The van der Waals surface area contributed by atoms with Crippen molar-refractivity contribution in [2.75, 3.05) is 0 Å². The Morgan fingerprint density at radius 2 is 2.15 bits per heavy atom. The minimum atomic E-state index is 0.116. The molecule has 0 aromatic heterocycles. The van der Waals surface area contributed by atoms with E-state index < -0.39 is 0 Å². The van der Waals surface area contributed by atoms with Gasteiger partial charge in [-0.2, -0.15) is 0 Å². The van der Waals surface area contributed by atoms with Crippen molar-refractivity contribution in [2.45, 2.75) is 18.9 Å². The number of rotatable bonds is 2. The van der Waals surface area contributed by atoms with Gasteiger partial charge in [0.2, 0.25) is 0 Å². The van der Waals surface area contributed by atoms with E-state index in [9.17, 15) is 0 Å². The Morgan fingerprint density at radius 3 is 2.77 bits per heavy atom. The summed E-state index contributed by atoms with van der Waals surface area (Å²) < 4.78 is 0.933. The van der Waals surface area contributed by atoms with E-state index in [-0.39, 0.29) is 6.04 Å². The lowest BCUT2D eigenvalue weighted by atomic mass is 10.0. The molecular weight excluding hydrogens is 249 g/mol. The molecule has 1 nitrogen and oxygen atoms in total. The van der Waals surface area contributed by atoms with Crippen LogP contribution in [0.15, 0.2) is 22.7 Å². The molecule has 1 atom stereocenters. The average molecular weight is 261 g/mol. The molecule has 0 saturated heterocycles. The maximum absolute atomic E-state index is 6.13. The van der Waals surface area contributed by atoms with Crippen LogP contribution in [0.4, 0.5) is 0 Å². The fraction of sp³-hybridized carbons (Fsp3) is 0.400. The van der Waals surface area contributed by atoms with Crippen LogP contribution < -0.4 is 5.73 Å². The Hall–Kier alpha value is -0.0500. The molecule has 1 fully saturated rings. The number of halogens is 2. The maximum atomic E-state index is 6.13. The molecular formula is C10H11BrClN. The highest BCUT2D eigenvalue weighted by atomic mass is 79.9. The molecule has 0 radical (unpaired) electrons. The Labute approximate surface area is 91.4 Å². The summed E-state index contributed by atoms with van der Waals surface area (Å²) in [4.78, 5) is 0. The van der Waals surface area contributed by atoms with Crippen LogP contribution in [0.3, 0.4) is 0 Å². The van der Waals surface area contributed by atoms with Crippen LogP contribution in [0.5, 0.6) is 0 Å². The summed E-state index contributed by atoms with van der Waals surface area (Å²) in [7, 11) is 0. The summed E-state index contributed by atoms with van der Waals surface area (Å²) in [6, 6.07) is 6.04. The lowest BCUT2D eigenvalue weighted by Crippen LogP contribution is -2.12. The van der Waals surface area contributed by atoms with Crippen molar-refractivity contribution < 1.29 is 0 Å². The SMILES string of the molecule is NC(c1cccc(Br)c1Cl)C1CC1. The third-order valence-electron chi connectivity index (χ3n) is 2.47. The Bertz CT molecular complexity index is 323. The van der Waals surface area contributed by atoms with E-state index in [0.717, 1.165) is 15.1 Å². The summed E-state index contributed by atoms with van der Waals surface area (Å²) in [5.41, 5.74) is 7.13. The molecule has 3 heteroatoms. The van der Waals surface area contributed by atoms with Crippen LogP contribution in [0, 0.1) is 5.92 Å². The molecule has 1 saturated carbocycles. The second-order valence-electron chi connectivity index (χ2n) is 3.51. The van der Waals surface area contributed by atoms with Gasteiger partial charge in [0.1, 0.15) is 0 Å². The fourth-order valence-electron chi connectivity index (χ4n) is 1.49. The summed E-state index contributed by atoms with van der Waals surface area (Å²) in [6.45, 7) is 0. The first-order chi connectivity index (χ1) is 6.20. The van der Waals surface area contributed by atoms with Gasteiger partial charge >= 0.3 is 0 Å². The third kappa shape index (κ3) is 1.90. The van der Waals surface area contributed by atoms with Crippen LogP contribution in [-0.4, -0.2) is 0 Å². The Kier molecular flexibility index (Phi) is 2.63. The monoisotopic (exact) mass is 259 g/mol. The van der Waals surface area contributed by atoms with Crippen LogP contribution in [0.2, 0.25) is 5.02 Å². The van der Waals surface area contributed by atoms with Crippen molar-refractivity contribution in [3.63, 3.8) is 0 Å². The van der Waals surface area contributed by atoms with Gasteiger partial charge in [0.15, 0.2) is 0 Å². The van der Waals surface area contributed by atoms with Gasteiger partial charge in [0, 0.05) is 10.5 Å². The molecule has 0 bridgehead atoms. The molecule has 0 heterocycles. The molecule has 1 unspecified atom stereocenters. The summed E-state index contributed by atoms with van der Waals surface area (Å²) in [5, 5.41) is 0.766. The smallest absolute Gasteiger partial charge is 0.0595 e. The molecule has 2 rings (SSSR count). The van der Waals surface area contributed by atoms with Crippen molar-refractivity contribution in [3.8, 4) is 0 Å². The van der Waals surface area contributed by atoms with E-state index in [4.69, 9.17) is 17.3 Å². The first-order valence-corrected chi connectivity index (χ1v) is 5.56. The van der Waals surface area contributed by atoms with E-state index in [2.05, 4.69) is 15.9 Å². The number of nitrogens with two attached hydrogens (primary N) is 1. The predicted molar refractivity (Wildman–Crippen MR) is 58.8 cm³/mol. The fourth-order valence-corrected chi connectivity index (χ4v) is 2.12. The molecule has 0 amide bonds. The molecule has 1 aromatic carbocycles. The van der Waals surface area contributed by atoms with Gasteiger partial charge in [-0.3, -0.25) is 0 Å². The molecule has 0 aliphatic heterocycles. The van der Waals surface area contributed by atoms with Crippen LogP contribution in [0.1, 0.15) is 24.4 Å². The second kappa shape index (κ2) is 3.60. The van der Waals surface area contributed by atoms with E-state index >= 15 is 0 Å². The van der Waals surface area contributed by atoms with Gasteiger partial charge in [-0.15, -0.1) is 0 Å². The van der Waals surface area contributed by atoms with Gasteiger partial charge in [-0.05, 0) is 46.3 Å². The molecule has 1 aliphatic rings. The van der Waals surface area contributed by atoms with Gasteiger partial charge in [-0.1, -0.05) is 23.7 Å². The topological polar surface area (TPSA) is 26.0 Å². The summed E-state index contributed by atoms with van der Waals surface area (Å²) in [5.74, 6) is 0.645. The number of benzene rings is 1. The first kappa shape index (κ1) is 9.50. The standard InChI is InChI=1S/C10H11BrClN/c11-8-3-1-2-7(9(8)12)10(13)6-4-5-6/h1-3,6,10H,4-5,13H2. The summed E-state index contributed by atoms with van der Waals surface area (Å²) in [6.07, 6.45) is 2.48. The van der Waals surface area contributed by atoms with Gasteiger partial charge in [0.05, 0.1) is 5.02 Å². The number of hydrogen-bond donors (Lipinski definition) is 1. The highest BCUT2D eigenvalue weighted by Crippen LogP contribution is 2.42. The highest BCUT2D eigenvalue weighted by molar-refractivity contribution is 9.10. The zero-order chi connectivity index (χ0) is 9.42. The maximum Gasteiger partial charge on any atom is 0.0595 e. The first-order valence-electron chi connectivity index (χ1n) is 4.39. The van der Waals surface area contributed by atoms with E-state index in [1.807, 2.05) is 18.2 Å². The minimum absolute atomic E-state index is 0.116. The van der Waals surface area contributed by atoms with Crippen LogP contribution >= 0.6 is 27.5 Å². The second-order valence-corrected chi connectivity index (χ2v) is 4.74. The molecule has 2 N–H and O–H groups in total. The lowest BCUT2D eigenvalue weighted by molar-refractivity contribution is 0.633.